The SMILES string of the molecule is Cc1ccc(C(C)C)c(OC(C(N)=O)[P+](O)(S)S)c1. The van der Waals surface area contributed by atoms with Crippen LogP contribution in [0.5, 0.6) is 5.75 Å². The van der Waals surface area contributed by atoms with Crippen LogP contribution in [0.1, 0.15) is 30.9 Å². The number of thiol groups is 2. The van der Waals surface area contributed by atoms with Gasteiger partial charge in [0.15, 0.2) is 0 Å². The minimum Gasteiger partial charge on any atom is -0.444 e. The van der Waals surface area contributed by atoms with Crippen molar-refractivity contribution < 1.29 is 14.4 Å². The number of ether oxygens (including phenoxy) is 1. The van der Waals surface area contributed by atoms with Gasteiger partial charge in [-0.2, -0.15) is 0 Å². The summed E-state index contributed by atoms with van der Waals surface area (Å²) in [6.45, 7) is 5.94. The van der Waals surface area contributed by atoms with E-state index in [-0.39, 0.29) is 5.92 Å². The summed E-state index contributed by atoms with van der Waals surface area (Å²) < 4.78 is 5.59. The summed E-state index contributed by atoms with van der Waals surface area (Å²) in [6.07, 6.45) is 0. The van der Waals surface area contributed by atoms with Crippen molar-refractivity contribution >= 4 is 36.3 Å². The lowest BCUT2D eigenvalue weighted by atomic mass is 10.0. The van der Waals surface area contributed by atoms with Gasteiger partial charge in [-0.05, 0) is 30.0 Å². The first-order valence-corrected chi connectivity index (χ1v) is 9.88. The zero-order chi connectivity index (χ0) is 14.8. The summed E-state index contributed by atoms with van der Waals surface area (Å²) >= 11 is 7.87. The Bertz CT molecular complexity index is 475. The maximum atomic E-state index is 11.4. The van der Waals surface area contributed by atoms with Crippen LogP contribution in [-0.4, -0.2) is 16.6 Å². The highest BCUT2D eigenvalue weighted by atomic mass is 33.1. The van der Waals surface area contributed by atoms with Crippen molar-refractivity contribution in [1.82, 2.24) is 0 Å². The molecule has 0 saturated carbocycles. The van der Waals surface area contributed by atoms with Crippen molar-refractivity contribution in [3.63, 3.8) is 0 Å². The van der Waals surface area contributed by atoms with Gasteiger partial charge in [0.25, 0.3) is 0 Å². The van der Waals surface area contributed by atoms with E-state index in [4.69, 9.17) is 10.5 Å². The number of primary amides is 1. The van der Waals surface area contributed by atoms with Gasteiger partial charge in [0.2, 0.25) is 0 Å². The van der Waals surface area contributed by atoms with Gasteiger partial charge in [0.1, 0.15) is 5.75 Å². The fraction of sp³-hybridized carbons (Fsp3) is 0.417. The van der Waals surface area contributed by atoms with E-state index in [1.807, 2.05) is 39.0 Å². The van der Waals surface area contributed by atoms with Crippen molar-refractivity contribution in [1.29, 1.82) is 0 Å². The summed E-state index contributed by atoms with van der Waals surface area (Å²) in [6, 6.07) is 5.70. The molecule has 7 heteroatoms. The van der Waals surface area contributed by atoms with E-state index in [9.17, 15) is 9.69 Å². The number of nitrogens with two attached hydrogens (primary N) is 1. The van der Waals surface area contributed by atoms with Crippen molar-refractivity contribution in [2.75, 3.05) is 0 Å². The molecular formula is C12H19NO3PS2+. The van der Waals surface area contributed by atoms with Crippen LogP contribution in [-0.2, 0) is 4.79 Å². The predicted molar refractivity (Wildman–Crippen MR) is 86.0 cm³/mol. The smallest absolute Gasteiger partial charge is 0.330 e. The molecular weight excluding hydrogens is 301 g/mol. The molecule has 1 rings (SSSR count). The highest BCUT2D eigenvalue weighted by Gasteiger charge is 2.46. The van der Waals surface area contributed by atoms with Gasteiger partial charge < -0.3 is 10.5 Å². The zero-order valence-corrected chi connectivity index (χ0v) is 13.8. The van der Waals surface area contributed by atoms with E-state index in [1.165, 1.54) is 0 Å². The number of carbonyl (C=O) groups excluding carboxylic acids is 1. The number of hydrogen-bond donors (Lipinski definition) is 4. The van der Waals surface area contributed by atoms with Gasteiger partial charge in [0, 0.05) is 0 Å². The van der Waals surface area contributed by atoms with Crippen LogP contribution in [0.2, 0.25) is 0 Å². The molecule has 19 heavy (non-hydrogen) atoms. The van der Waals surface area contributed by atoms with Crippen LogP contribution in [0.4, 0.5) is 0 Å². The third-order valence-electron chi connectivity index (χ3n) is 2.59. The molecule has 1 amide bonds. The third kappa shape index (κ3) is 4.56. The van der Waals surface area contributed by atoms with Crippen LogP contribution in [0.3, 0.4) is 0 Å². The fourth-order valence-electron chi connectivity index (χ4n) is 1.64. The second kappa shape index (κ2) is 6.35. The van der Waals surface area contributed by atoms with E-state index in [2.05, 4.69) is 24.5 Å². The van der Waals surface area contributed by atoms with Crippen LogP contribution >= 0.6 is 30.4 Å². The molecule has 0 aliphatic carbocycles. The summed E-state index contributed by atoms with van der Waals surface area (Å²) in [5.41, 5.74) is 7.17. The lowest BCUT2D eigenvalue weighted by Gasteiger charge is -2.20. The van der Waals surface area contributed by atoms with E-state index in [1.54, 1.807) is 0 Å². The van der Waals surface area contributed by atoms with Crippen molar-refractivity contribution in [2.45, 2.75) is 32.5 Å². The normalized spacial score (nSPS) is 13.4. The van der Waals surface area contributed by atoms with Gasteiger partial charge in [0.05, 0.1) is 24.5 Å². The molecule has 0 heterocycles. The molecule has 0 bridgehead atoms. The molecule has 0 spiro atoms. The van der Waals surface area contributed by atoms with E-state index >= 15 is 0 Å². The average molecular weight is 320 g/mol. The first kappa shape index (κ1) is 16.6. The quantitative estimate of drug-likeness (QED) is 0.498. The third-order valence-corrected chi connectivity index (χ3v) is 4.84. The van der Waals surface area contributed by atoms with Gasteiger partial charge in [-0.25, -0.2) is 4.89 Å². The topological polar surface area (TPSA) is 72.5 Å². The molecule has 4 nitrogen and oxygen atoms in total. The Hall–Kier alpha value is -0.420. The lowest BCUT2D eigenvalue weighted by Crippen LogP contribution is -2.33. The first-order chi connectivity index (χ1) is 8.62. The number of carbonyl (C=O) groups is 1. The van der Waals surface area contributed by atoms with Gasteiger partial charge in [-0.15, -0.1) is 0 Å². The molecule has 0 radical (unpaired) electrons. The Kier molecular flexibility index (Phi) is 5.56. The van der Waals surface area contributed by atoms with Gasteiger partial charge >= 0.3 is 17.6 Å². The van der Waals surface area contributed by atoms with Crippen LogP contribution in [0.15, 0.2) is 18.2 Å². The Labute approximate surface area is 124 Å². The maximum Gasteiger partial charge on any atom is 0.330 e. The average Bonchev–Trinajstić information content (AvgIpc) is 2.23. The number of benzene rings is 1. The Balaban J connectivity index is 3.16. The first-order valence-electron chi connectivity index (χ1n) is 5.76. The summed E-state index contributed by atoms with van der Waals surface area (Å²) in [7, 11) is 0. The number of aryl methyl sites for hydroxylation is 1. The van der Waals surface area contributed by atoms with Crippen LogP contribution in [0.25, 0.3) is 0 Å². The highest BCUT2D eigenvalue weighted by Crippen LogP contribution is 2.68. The van der Waals surface area contributed by atoms with Gasteiger partial charge in [-0.3, -0.25) is 4.79 Å². The van der Waals surface area contributed by atoms with Gasteiger partial charge in [-0.1, -0.05) is 26.0 Å². The predicted octanol–water partition coefficient (Wildman–Crippen LogP) is 2.92. The summed E-state index contributed by atoms with van der Waals surface area (Å²) in [5.74, 6) is -4.39. The van der Waals surface area contributed by atoms with E-state index < -0.39 is 17.6 Å². The molecule has 0 fully saturated rings. The molecule has 0 aromatic heterocycles. The fourth-order valence-corrected chi connectivity index (χ4v) is 3.20. The Morgan fingerprint density at radius 3 is 2.42 bits per heavy atom. The largest absolute Gasteiger partial charge is 0.444 e. The monoisotopic (exact) mass is 320 g/mol. The molecule has 1 aromatic carbocycles. The number of rotatable bonds is 5. The maximum absolute atomic E-state index is 11.4. The zero-order valence-electron chi connectivity index (χ0n) is 11.1. The van der Waals surface area contributed by atoms with Crippen LogP contribution < -0.4 is 10.5 Å². The van der Waals surface area contributed by atoms with Crippen molar-refractivity contribution in [3.05, 3.63) is 29.3 Å². The van der Waals surface area contributed by atoms with Crippen molar-refractivity contribution in [3.8, 4) is 5.75 Å². The highest BCUT2D eigenvalue weighted by molar-refractivity contribution is 8.83. The molecule has 0 aliphatic rings. The van der Waals surface area contributed by atoms with E-state index in [0.29, 0.717) is 5.75 Å². The minimum atomic E-state index is -3.12. The molecule has 0 aliphatic heterocycles. The molecule has 1 unspecified atom stereocenters. The van der Waals surface area contributed by atoms with Crippen molar-refractivity contribution in [2.24, 2.45) is 5.73 Å². The minimum absolute atomic E-state index is 0.218. The Morgan fingerprint density at radius 1 is 1.42 bits per heavy atom. The lowest BCUT2D eigenvalue weighted by molar-refractivity contribution is -0.121. The van der Waals surface area contributed by atoms with E-state index in [0.717, 1.165) is 11.1 Å². The second-order valence-electron chi connectivity index (χ2n) is 4.68. The molecule has 1 aromatic rings. The molecule has 106 valence electrons. The molecule has 1 atom stereocenters. The standard InChI is InChI=1S/C12H18NO3PS2/c1-7(2)9-5-4-8(3)6-10(9)16-12(11(13)14)17(15,18)19/h4-7,12,15,18-19H,1-3H3,(H-,13,14)/p+1. The number of amides is 1. The molecule has 0 saturated heterocycles. The summed E-state index contributed by atoms with van der Waals surface area (Å²) in [5, 5.41) is 0. The number of hydrogen-bond acceptors (Lipinski definition) is 5. The summed E-state index contributed by atoms with van der Waals surface area (Å²) in [4.78, 5) is 21.2. The van der Waals surface area contributed by atoms with Crippen LogP contribution in [0, 0.1) is 6.92 Å². The second-order valence-corrected chi connectivity index (χ2v) is 11.0. The molecule has 3 N–H and O–H groups in total. The Morgan fingerprint density at radius 2 is 2.00 bits per heavy atom.